The predicted octanol–water partition coefficient (Wildman–Crippen LogP) is 8.44. The van der Waals surface area contributed by atoms with Crippen LogP contribution in [0.4, 0.5) is 0 Å². The molecule has 0 radical (unpaired) electrons. The molecule has 0 aliphatic heterocycles. The Morgan fingerprint density at radius 3 is 2.19 bits per heavy atom. The van der Waals surface area contributed by atoms with Gasteiger partial charge in [-0.3, -0.25) is 0 Å². The molecule has 0 spiro atoms. The third-order valence-electron chi connectivity index (χ3n) is 6.34. The molecule has 2 aliphatic rings. The molecule has 2 aromatic rings. The molecule has 1 heterocycles. The second-order valence-corrected chi connectivity index (χ2v) is 101. The number of fused-ring (bicyclic) bond motifs is 1. The van der Waals surface area contributed by atoms with Crippen molar-refractivity contribution in [2.24, 2.45) is 0 Å². The van der Waals surface area contributed by atoms with Crippen LogP contribution < -0.4 is 0 Å². The fourth-order valence-electron chi connectivity index (χ4n) is 5.19. The van der Waals surface area contributed by atoms with Gasteiger partial charge in [0.1, 0.15) is 0 Å². The van der Waals surface area contributed by atoms with E-state index in [1.165, 1.54) is 22.3 Å². The van der Waals surface area contributed by atoms with Crippen molar-refractivity contribution >= 4 is 37.8 Å². The molecule has 1 aromatic carbocycles. The molecule has 1 nitrogen and oxygen atoms in total. The van der Waals surface area contributed by atoms with Crippen LogP contribution >= 0.6 is 24.8 Å². The van der Waals surface area contributed by atoms with Crippen LogP contribution in [0.25, 0.3) is 17.3 Å². The zero-order valence-corrected chi connectivity index (χ0v) is 25.5. The number of hydrogen-bond donors (Lipinski definition) is 0. The Hall–Kier alpha value is -0.730. The molecule has 2 aliphatic carbocycles. The summed E-state index contributed by atoms with van der Waals surface area (Å²) in [5.41, 5.74) is 8.14. The second kappa shape index (κ2) is 5.84. The first-order valence-electron chi connectivity index (χ1n) is 10.9. The molecule has 1 unspecified atom stereocenters. The summed E-state index contributed by atoms with van der Waals surface area (Å²) >= 11 is -4.43. The van der Waals surface area contributed by atoms with Crippen LogP contribution in [0.5, 0.6) is 0 Å². The van der Waals surface area contributed by atoms with Crippen LogP contribution in [-0.4, -0.2) is 11.9 Å². The van der Waals surface area contributed by atoms with Crippen LogP contribution in [0.15, 0.2) is 69.2 Å². The summed E-state index contributed by atoms with van der Waals surface area (Å²) in [6.45, 7) is 4.61. The van der Waals surface area contributed by atoms with Gasteiger partial charge in [-0.2, -0.15) is 0 Å². The van der Waals surface area contributed by atoms with E-state index in [1.54, 1.807) is 8.85 Å². The molecule has 5 heteroatoms. The molecule has 1 aromatic heterocycles. The maximum atomic E-state index is 4.63. The van der Waals surface area contributed by atoms with Crippen molar-refractivity contribution in [3.8, 4) is 11.3 Å². The fraction of sp³-hybridized carbons (Fsp3) is 0.346. The number of benzene rings is 1. The van der Waals surface area contributed by atoms with Crippen LogP contribution in [0.3, 0.4) is 0 Å². The van der Waals surface area contributed by atoms with Gasteiger partial charge in [-0.15, -0.1) is 24.8 Å². The maximum Gasteiger partial charge on any atom is -0.147 e. The number of halogens is 2. The Bertz CT molecular complexity index is 1300. The summed E-state index contributed by atoms with van der Waals surface area (Å²) < 4.78 is 17.2. The summed E-state index contributed by atoms with van der Waals surface area (Å²) in [5, 5.41) is 0. The Morgan fingerprint density at radius 1 is 0.935 bits per heavy atom. The van der Waals surface area contributed by atoms with Crippen molar-refractivity contribution in [1.82, 2.24) is 4.98 Å². The smallest absolute Gasteiger partial charge is 0.147 e. The fourth-order valence-corrected chi connectivity index (χ4v) is 16.2. The van der Waals surface area contributed by atoms with Crippen molar-refractivity contribution in [1.29, 1.82) is 0 Å². The van der Waals surface area contributed by atoms with Crippen molar-refractivity contribution in [2.75, 3.05) is 0 Å². The molecule has 1 atom stereocenters. The summed E-state index contributed by atoms with van der Waals surface area (Å²) in [5.74, 6) is 0.369. The van der Waals surface area contributed by atoms with Crippen molar-refractivity contribution < 1.29 is 12.9 Å². The second-order valence-electron chi connectivity index (χ2n) is 17.2. The standard InChI is InChI=1S/C20H16N.6CH3.2ClH.H2Si.Zr/c1-14-13-18-16(19-11-4-5-12-21-19)9-6-10-17(18)20(14)15-7-2-3-8-15;;;;;;;;;;/h2-6,9-13,20H,7H2,1H3;6*1H3;2*1H;1H2;. The topological polar surface area (TPSA) is 12.9 Å². The van der Waals surface area contributed by atoms with E-state index in [-0.39, 0.29) is 24.8 Å². The SMILES string of the molecule is CC1=Cc2c(-c3ccccn3)cccc2C1C1=[C]([Zr]([CH3])([CH3])([CH3])([CH3])([CH3])([CH3])=[SiH2])C=CC1.Cl.Cl. The molecule has 0 saturated heterocycles. The van der Waals surface area contributed by atoms with Crippen molar-refractivity contribution in [2.45, 2.75) is 47.1 Å². The van der Waals surface area contributed by atoms with Crippen molar-refractivity contribution in [3.05, 3.63) is 80.3 Å². The zero-order chi connectivity index (χ0) is 21.5. The third-order valence-corrected chi connectivity index (χ3v) is 18.7. The maximum absolute atomic E-state index is 4.63. The molecule has 0 saturated carbocycles. The molecule has 0 fully saturated rings. The third kappa shape index (κ3) is 5.11. The van der Waals surface area contributed by atoms with E-state index in [1.807, 2.05) is 12.3 Å². The number of nitrogens with zero attached hydrogens (tertiary/aromatic N) is 1. The summed E-state index contributed by atoms with van der Waals surface area (Å²) in [6, 6.07) is 12.9. The molecule has 169 valence electrons. The van der Waals surface area contributed by atoms with Gasteiger partial charge in [-0.25, -0.2) is 0 Å². The minimum absolute atomic E-state index is 0. The normalized spacial score (nSPS) is 22.7. The molecule has 0 amide bonds. The van der Waals surface area contributed by atoms with E-state index < -0.39 is 12.9 Å². The Morgan fingerprint density at radius 2 is 1.61 bits per heavy atom. The van der Waals surface area contributed by atoms with E-state index in [0.29, 0.717) is 5.92 Å². The van der Waals surface area contributed by atoms with Crippen LogP contribution in [0.2, 0.25) is 27.8 Å². The molecule has 0 N–H and O–H groups in total. The Kier molecular flexibility index (Phi) is 5.00. The van der Waals surface area contributed by atoms with Gasteiger partial charge in [0.2, 0.25) is 0 Å². The minimum Gasteiger partial charge on any atom is -0.147 e. The van der Waals surface area contributed by atoms with E-state index in [2.05, 4.69) is 95.1 Å². The minimum atomic E-state index is -4.43. The molecule has 31 heavy (non-hydrogen) atoms. The van der Waals surface area contributed by atoms with Crippen LogP contribution in [0, 0.1) is 0 Å². The monoisotopic (exact) mass is 552 g/mol. The quantitative estimate of drug-likeness (QED) is 0.347. The van der Waals surface area contributed by atoms with Gasteiger partial charge in [0.15, 0.2) is 0 Å². The molecule has 4 rings (SSSR count). The van der Waals surface area contributed by atoms with Gasteiger partial charge in [-0.05, 0) is 0 Å². The number of pyridine rings is 1. The molecular formula is C26H38Cl2NSiZr. The Balaban J connectivity index is 0.00000171. The van der Waals surface area contributed by atoms with Gasteiger partial charge in [0.05, 0.1) is 0 Å². The first kappa shape index (κ1) is 26.5. The van der Waals surface area contributed by atoms with Crippen LogP contribution in [-0.2, 0) is 12.9 Å². The first-order chi connectivity index (χ1) is 12.9. The number of aromatic nitrogens is 1. The first-order valence-corrected chi connectivity index (χ1v) is 32.8. The number of allylic oxidation sites excluding steroid dienone is 5. The Labute approximate surface area is 193 Å². The summed E-state index contributed by atoms with van der Waals surface area (Å²) in [4.78, 5) is 4.63. The van der Waals surface area contributed by atoms with E-state index in [0.717, 1.165) is 12.1 Å². The summed E-state index contributed by atoms with van der Waals surface area (Å²) in [6.07, 6.45) is 10.2. The van der Waals surface area contributed by atoms with Gasteiger partial charge in [0, 0.05) is 0 Å². The van der Waals surface area contributed by atoms with E-state index >= 15 is 0 Å². The largest absolute Gasteiger partial charge is 0.147 e. The number of rotatable bonds is 3. The van der Waals surface area contributed by atoms with E-state index in [9.17, 15) is 0 Å². The van der Waals surface area contributed by atoms with Gasteiger partial charge < -0.3 is 0 Å². The van der Waals surface area contributed by atoms with Gasteiger partial charge >= 0.3 is 169 Å². The van der Waals surface area contributed by atoms with Crippen molar-refractivity contribution in [3.63, 3.8) is 0 Å². The predicted molar refractivity (Wildman–Crippen MR) is 145 cm³/mol. The van der Waals surface area contributed by atoms with E-state index in [4.69, 9.17) is 0 Å². The average Bonchev–Trinajstić information content (AvgIpc) is 3.16. The van der Waals surface area contributed by atoms with Gasteiger partial charge in [0.25, 0.3) is 0 Å². The van der Waals surface area contributed by atoms with Gasteiger partial charge in [-0.1, -0.05) is 0 Å². The molecular weight excluding hydrogens is 517 g/mol. The number of hydrogen-bond acceptors (Lipinski definition) is 1. The molecule has 0 bridgehead atoms. The zero-order valence-electron chi connectivity index (χ0n) is 20.0. The summed E-state index contributed by atoms with van der Waals surface area (Å²) in [7, 11) is 0. The van der Waals surface area contributed by atoms with Crippen LogP contribution in [0.1, 0.15) is 30.4 Å². The average molecular weight is 555 g/mol.